The van der Waals surface area contributed by atoms with Gasteiger partial charge >= 0.3 is 5.97 Å². The largest absolute Gasteiger partial charge is 0.488 e. The first-order chi connectivity index (χ1) is 13.2. The molecule has 0 spiro atoms. The molecule has 0 fully saturated rings. The lowest BCUT2D eigenvalue weighted by atomic mass is 10.1. The lowest BCUT2D eigenvalue weighted by Crippen LogP contribution is -2.03. The summed E-state index contributed by atoms with van der Waals surface area (Å²) in [5.41, 5.74) is 2.13. The number of ether oxygens (including phenoxy) is 2. The first-order valence-electron chi connectivity index (χ1n) is 8.22. The number of hydrogen-bond donors (Lipinski definition) is 0. The van der Waals surface area contributed by atoms with Gasteiger partial charge in [-0.1, -0.05) is 36.4 Å². The van der Waals surface area contributed by atoms with Crippen molar-refractivity contribution in [1.29, 1.82) is 0 Å². The van der Waals surface area contributed by atoms with Gasteiger partial charge in [-0.15, -0.1) is 11.3 Å². The Morgan fingerprint density at radius 1 is 1.07 bits per heavy atom. The number of halogens is 1. The second-order valence-corrected chi connectivity index (χ2v) is 7.96. The molecule has 4 nitrogen and oxygen atoms in total. The SMILES string of the molecule is O=C1OC(c2cccs2)=NC1=Cc1ccccc1OCc1ccc(I)cc1. The lowest BCUT2D eigenvalue weighted by Gasteiger charge is -2.09. The zero-order valence-electron chi connectivity index (χ0n) is 14.1. The molecule has 0 radical (unpaired) electrons. The van der Waals surface area contributed by atoms with Crippen LogP contribution in [-0.4, -0.2) is 11.9 Å². The second kappa shape index (κ2) is 8.06. The number of carbonyl (C=O) groups excluding carboxylic acids is 1. The summed E-state index contributed by atoms with van der Waals surface area (Å²) in [6, 6.07) is 19.5. The van der Waals surface area contributed by atoms with Gasteiger partial charge in [-0.25, -0.2) is 9.79 Å². The molecule has 3 aromatic rings. The Hall–Kier alpha value is -2.45. The maximum absolute atomic E-state index is 12.2. The van der Waals surface area contributed by atoms with E-state index < -0.39 is 5.97 Å². The second-order valence-electron chi connectivity index (χ2n) is 5.77. The Bertz CT molecular complexity index is 1020. The number of carbonyl (C=O) groups is 1. The van der Waals surface area contributed by atoms with Crippen LogP contribution in [0.25, 0.3) is 6.08 Å². The summed E-state index contributed by atoms with van der Waals surface area (Å²) in [5, 5.41) is 1.92. The van der Waals surface area contributed by atoms with E-state index in [2.05, 4.69) is 27.6 Å². The van der Waals surface area contributed by atoms with Crippen molar-refractivity contribution in [3.63, 3.8) is 0 Å². The van der Waals surface area contributed by atoms with Crippen LogP contribution in [0.1, 0.15) is 16.0 Å². The Morgan fingerprint density at radius 2 is 1.89 bits per heavy atom. The molecule has 4 rings (SSSR count). The van der Waals surface area contributed by atoms with E-state index in [0.717, 1.165) is 16.0 Å². The van der Waals surface area contributed by atoms with Gasteiger partial charge in [0.2, 0.25) is 5.90 Å². The Morgan fingerprint density at radius 3 is 2.67 bits per heavy atom. The predicted octanol–water partition coefficient (Wildman–Crippen LogP) is 5.28. The molecule has 0 amide bonds. The molecule has 0 N–H and O–H groups in total. The number of aliphatic imine (C=N–C) groups is 1. The predicted molar refractivity (Wildman–Crippen MR) is 115 cm³/mol. The number of esters is 1. The van der Waals surface area contributed by atoms with E-state index in [9.17, 15) is 4.79 Å². The zero-order valence-corrected chi connectivity index (χ0v) is 17.1. The van der Waals surface area contributed by atoms with E-state index in [1.54, 1.807) is 6.08 Å². The molecule has 0 atom stereocenters. The Labute approximate surface area is 174 Å². The van der Waals surface area contributed by atoms with E-state index in [1.807, 2.05) is 66.0 Å². The normalized spacial score (nSPS) is 14.9. The van der Waals surface area contributed by atoms with Gasteiger partial charge in [0.25, 0.3) is 0 Å². The first-order valence-corrected chi connectivity index (χ1v) is 10.2. The van der Waals surface area contributed by atoms with E-state index in [1.165, 1.54) is 14.9 Å². The van der Waals surface area contributed by atoms with E-state index >= 15 is 0 Å². The monoisotopic (exact) mass is 487 g/mol. The van der Waals surface area contributed by atoms with Crippen LogP contribution >= 0.6 is 33.9 Å². The number of nitrogens with zero attached hydrogens (tertiary/aromatic N) is 1. The van der Waals surface area contributed by atoms with Crippen LogP contribution in [-0.2, 0) is 16.1 Å². The highest BCUT2D eigenvalue weighted by molar-refractivity contribution is 14.1. The number of thiophene rings is 1. The molecule has 134 valence electrons. The molecule has 0 saturated heterocycles. The molecule has 2 heterocycles. The number of cyclic esters (lactones) is 1. The minimum Gasteiger partial charge on any atom is -0.488 e. The summed E-state index contributed by atoms with van der Waals surface area (Å²) >= 11 is 3.75. The van der Waals surface area contributed by atoms with Crippen molar-refractivity contribution in [3.8, 4) is 5.75 Å². The van der Waals surface area contributed by atoms with Gasteiger partial charge in [0, 0.05) is 9.13 Å². The fourth-order valence-electron chi connectivity index (χ4n) is 2.54. The van der Waals surface area contributed by atoms with Crippen molar-refractivity contribution >= 4 is 51.9 Å². The first kappa shape index (κ1) is 17.9. The van der Waals surface area contributed by atoms with Crippen molar-refractivity contribution < 1.29 is 14.3 Å². The third-order valence-corrected chi connectivity index (χ3v) is 5.45. The minimum absolute atomic E-state index is 0.267. The summed E-state index contributed by atoms with van der Waals surface area (Å²) in [7, 11) is 0. The molecule has 1 aliphatic heterocycles. The van der Waals surface area contributed by atoms with Crippen LogP contribution in [0.5, 0.6) is 5.75 Å². The maximum atomic E-state index is 12.2. The number of benzene rings is 2. The minimum atomic E-state index is -0.453. The average Bonchev–Trinajstić information content (AvgIpc) is 3.33. The molecular weight excluding hydrogens is 473 g/mol. The van der Waals surface area contributed by atoms with Crippen LogP contribution in [0, 0.1) is 3.57 Å². The van der Waals surface area contributed by atoms with Gasteiger partial charge in [0.1, 0.15) is 12.4 Å². The molecule has 2 aromatic carbocycles. The topological polar surface area (TPSA) is 47.9 Å². The average molecular weight is 487 g/mol. The molecular formula is C21H14INO3S. The van der Waals surface area contributed by atoms with Gasteiger partial charge in [-0.05, 0) is 63.9 Å². The summed E-state index contributed by atoms with van der Waals surface area (Å²) in [6.45, 7) is 0.450. The van der Waals surface area contributed by atoms with Gasteiger partial charge in [-0.3, -0.25) is 0 Å². The lowest BCUT2D eigenvalue weighted by molar-refractivity contribution is -0.129. The summed E-state index contributed by atoms with van der Waals surface area (Å²) in [4.78, 5) is 17.3. The third kappa shape index (κ3) is 4.28. The molecule has 27 heavy (non-hydrogen) atoms. The van der Waals surface area contributed by atoms with Gasteiger partial charge < -0.3 is 9.47 Å². The number of rotatable bonds is 5. The summed E-state index contributed by atoms with van der Waals surface area (Å²) in [5.74, 6) is 0.584. The van der Waals surface area contributed by atoms with Gasteiger partial charge in [-0.2, -0.15) is 0 Å². The van der Waals surface area contributed by atoms with Crippen LogP contribution in [0.3, 0.4) is 0 Å². The Balaban J connectivity index is 1.56. The van der Waals surface area contributed by atoms with Gasteiger partial charge in [0.15, 0.2) is 5.70 Å². The van der Waals surface area contributed by atoms with Crippen molar-refractivity contribution in [1.82, 2.24) is 0 Å². The quantitative estimate of drug-likeness (QED) is 0.280. The zero-order chi connectivity index (χ0) is 18.6. The van der Waals surface area contributed by atoms with Crippen molar-refractivity contribution in [2.45, 2.75) is 6.61 Å². The maximum Gasteiger partial charge on any atom is 0.363 e. The fraction of sp³-hybridized carbons (Fsp3) is 0.0476. The van der Waals surface area contributed by atoms with Gasteiger partial charge in [0.05, 0.1) is 4.88 Å². The molecule has 0 saturated carbocycles. The van der Waals surface area contributed by atoms with Crippen molar-refractivity contribution in [2.75, 3.05) is 0 Å². The van der Waals surface area contributed by atoms with E-state index in [4.69, 9.17) is 9.47 Å². The standard InChI is InChI=1S/C21H14INO3S/c22-16-9-7-14(8-10-16)13-25-18-5-2-1-4-15(18)12-17-21(24)26-20(23-17)19-6-3-11-27-19/h1-12H,13H2. The summed E-state index contributed by atoms with van der Waals surface area (Å²) in [6.07, 6.45) is 1.70. The van der Waals surface area contributed by atoms with Crippen LogP contribution < -0.4 is 4.74 Å². The van der Waals surface area contributed by atoms with Crippen LogP contribution in [0.2, 0.25) is 0 Å². The third-order valence-electron chi connectivity index (χ3n) is 3.87. The highest BCUT2D eigenvalue weighted by Crippen LogP contribution is 2.26. The smallest absolute Gasteiger partial charge is 0.363 e. The van der Waals surface area contributed by atoms with Crippen LogP contribution in [0.15, 0.2) is 76.7 Å². The van der Waals surface area contributed by atoms with E-state index in [0.29, 0.717) is 18.3 Å². The molecule has 0 unspecified atom stereocenters. The Kier molecular flexibility index (Phi) is 5.35. The van der Waals surface area contributed by atoms with E-state index in [-0.39, 0.29) is 5.70 Å². The van der Waals surface area contributed by atoms with Crippen LogP contribution in [0.4, 0.5) is 0 Å². The number of para-hydroxylation sites is 1. The fourth-order valence-corrected chi connectivity index (χ4v) is 3.54. The molecule has 0 bridgehead atoms. The number of hydrogen-bond acceptors (Lipinski definition) is 5. The highest BCUT2D eigenvalue weighted by Gasteiger charge is 2.25. The molecule has 1 aromatic heterocycles. The highest BCUT2D eigenvalue weighted by atomic mass is 127. The summed E-state index contributed by atoms with van der Waals surface area (Å²) < 4.78 is 12.4. The van der Waals surface area contributed by atoms with Crippen molar-refractivity contribution in [3.05, 3.63) is 91.3 Å². The van der Waals surface area contributed by atoms with Crippen molar-refractivity contribution in [2.24, 2.45) is 4.99 Å². The molecule has 1 aliphatic rings. The molecule has 6 heteroatoms. The molecule has 0 aliphatic carbocycles.